The fourth-order valence-corrected chi connectivity index (χ4v) is 3.69. The van der Waals surface area contributed by atoms with Crippen LogP contribution in [0.2, 0.25) is 0 Å². The molecule has 134 valence electrons. The quantitative estimate of drug-likeness (QED) is 0.907. The van der Waals surface area contributed by atoms with E-state index in [4.69, 9.17) is 4.74 Å². The van der Waals surface area contributed by atoms with Crippen LogP contribution >= 0.6 is 11.3 Å². The molecule has 2 amide bonds. The number of carbonyl (C=O) groups excluding carboxylic acids is 2. The van der Waals surface area contributed by atoms with Crippen LogP contribution in [0, 0.1) is 0 Å². The van der Waals surface area contributed by atoms with E-state index in [-0.39, 0.29) is 18.0 Å². The van der Waals surface area contributed by atoms with Crippen LogP contribution in [0.25, 0.3) is 10.6 Å². The molecule has 25 heavy (non-hydrogen) atoms. The normalized spacial score (nSPS) is 15.2. The van der Waals surface area contributed by atoms with Crippen molar-refractivity contribution < 1.29 is 14.3 Å². The molecule has 1 aliphatic heterocycles. The van der Waals surface area contributed by atoms with Crippen molar-refractivity contribution in [1.82, 2.24) is 20.0 Å². The van der Waals surface area contributed by atoms with Crippen LogP contribution in [0.4, 0.5) is 4.79 Å². The molecule has 2 aromatic rings. The van der Waals surface area contributed by atoms with Crippen LogP contribution in [-0.4, -0.2) is 52.4 Å². The fraction of sp³-hybridized carbons (Fsp3) is 0.471. The molecule has 0 aromatic carbocycles. The van der Waals surface area contributed by atoms with Gasteiger partial charge in [0.15, 0.2) is 5.69 Å². The molecule has 3 rings (SSSR count). The lowest BCUT2D eigenvalue weighted by molar-refractivity contribution is 0.0856. The predicted molar refractivity (Wildman–Crippen MR) is 95.6 cm³/mol. The van der Waals surface area contributed by atoms with Gasteiger partial charge in [0, 0.05) is 26.2 Å². The molecule has 1 fully saturated rings. The second-order valence-electron chi connectivity index (χ2n) is 5.95. The van der Waals surface area contributed by atoms with E-state index in [2.05, 4.69) is 10.4 Å². The van der Waals surface area contributed by atoms with Gasteiger partial charge >= 0.3 is 6.09 Å². The van der Waals surface area contributed by atoms with Crippen LogP contribution in [0.5, 0.6) is 0 Å². The van der Waals surface area contributed by atoms with E-state index in [0.717, 1.165) is 23.4 Å². The van der Waals surface area contributed by atoms with Crippen molar-refractivity contribution in [2.24, 2.45) is 7.05 Å². The molecule has 1 saturated heterocycles. The minimum absolute atomic E-state index is 0.0466. The van der Waals surface area contributed by atoms with E-state index in [1.165, 1.54) is 0 Å². The molecular weight excluding hydrogens is 340 g/mol. The molecule has 0 atom stereocenters. The number of aryl methyl sites for hydroxylation is 1. The van der Waals surface area contributed by atoms with Gasteiger partial charge in [-0.05, 0) is 37.3 Å². The molecule has 0 saturated carbocycles. The number of nitrogens with one attached hydrogen (secondary N) is 1. The Morgan fingerprint density at radius 3 is 2.80 bits per heavy atom. The summed E-state index contributed by atoms with van der Waals surface area (Å²) < 4.78 is 6.73. The van der Waals surface area contributed by atoms with Crippen LogP contribution in [0.1, 0.15) is 30.3 Å². The van der Waals surface area contributed by atoms with E-state index >= 15 is 0 Å². The molecule has 0 spiro atoms. The number of amides is 2. The number of piperidine rings is 1. The first-order valence-electron chi connectivity index (χ1n) is 8.39. The summed E-state index contributed by atoms with van der Waals surface area (Å²) >= 11 is 1.62. The van der Waals surface area contributed by atoms with Gasteiger partial charge in [-0.25, -0.2) is 4.79 Å². The number of hydrogen-bond acceptors (Lipinski definition) is 5. The maximum absolute atomic E-state index is 12.5. The molecular formula is C17H22N4O3S. The highest BCUT2D eigenvalue weighted by molar-refractivity contribution is 7.13. The standard InChI is InChI=1S/C17H22N4O3S/c1-3-24-17(23)21-8-6-12(7-9-21)18-16(22)13-11-14(20(2)19-13)15-5-4-10-25-15/h4-5,10-12H,3,6-9H2,1-2H3,(H,18,22). The Morgan fingerprint density at radius 2 is 2.16 bits per heavy atom. The van der Waals surface area contributed by atoms with Crippen molar-refractivity contribution in [3.05, 3.63) is 29.3 Å². The Hall–Kier alpha value is -2.35. The third-order valence-corrected chi connectivity index (χ3v) is 5.13. The Balaban J connectivity index is 1.57. The van der Waals surface area contributed by atoms with Gasteiger partial charge in [0.2, 0.25) is 0 Å². The highest BCUT2D eigenvalue weighted by Crippen LogP contribution is 2.25. The van der Waals surface area contributed by atoms with Gasteiger partial charge in [-0.2, -0.15) is 5.10 Å². The van der Waals surface area contributed by atoms with E-state index < -0.39 is 0 Å². The molecule has 0 aliphatic carbocycles. The summed E-state index contributed by atoms with van der Waals surface area (Å²) in [5.41, 5.74) is 1.34. The number of nitrogens with zero attached hydrogens (tertiary/aromatic N) is 3. The summed E-state index contributed by atoms with van der Waals surface area (Å²) in [6.45, 7) is 3.35. The zero-order valence-corrected chi connectivity index (χ0v) is 15.2. The SMILES string of the molecule is CCOC(=O)N1CCC(NC(=O)c2cc(-c3cccs3)n(C)n2)CC1. The molecule has 0 bridgehead atoms. The third-order valence-electron chi connectivity index (χ3n) is 4.24. The summed E-state index contributed by atoms with van der Waals surface area (Å²) in [4.78, 5) is 26.9. The average Bonchev–Trinajstić information content (AvgIpc) is 3.25. The van der Waals surface area contributed by atoms with E-state index in [1.54, 1.807) is 27.8 Å². The predicted octanol–water partition coefficient (Wildman–Crippen LogP) is 2.50. The molecule has 1 aliphatic rings. The average molecular weight is 362 g/mol. The lowest BCUT2D eigenvalue weighted by atomic mass is 10.1. The second-order valence-corrected chi connectivity index (χ2v) is 6.90. The number of aromatic nitrogens is 2. The van der Waals surface area contributed by atoms with Crippen LogP contribution in [-0.2, 0) is 11.8 Å². The minimum atomic E-state index is -0.280. The van der Waals surface area contributed by atoms with Gasteiger partial charge in [-0.15, -0.1) is 11.3 Å². The zero-order chi connectivity index (χ0) is 17.8. The van der Waals surface area contributed by atoms with Gasteiger partial charge in [-0.3, -0.25) is 9.48 Å². The van der Waals surface area contributed by atoms with Crippen molar-refractivity contribution in [3.8, 4) is 10.6 Å². The van der Waals surface area contributed by atoms with Crippen LogP contribution < -0.4 is 5.32 Å². The summed E-state index contributed by atoms with van der Waals surface area (Å²) in [6.07, 6.45) is 1.15. The van der Waals surface area contributed by atoms with Crippen LogP contribution in [0.3, 0.4) is 0 Å². The number of thiophene rings is 1. The van der Waals surface area contributed by atoms with Crippen LogP contribution in [0.15, 0.2) is 23.6 Å². The fourth-order valence-electron chi connectivity index (χ4n) is 2.91. The van der Waals surface area contributed by atoms with Crippen molar-refractivity contribution in [1.29, 1.82) is 0 Å². The van der Waals surface area contributed by atoms with Crippen molar-refractivity contribution in [2.45, 2.75) is 25.8 Å². The molecule has 2 aromatic heterocycles. The Bertz CT molecular complexity index is 733. The molecule has 7 nitrogen and oxygen atoms in total. The summed E-state index contributed by atoms with van der Waals surface area (Å²) in [5, 5.41) is 9.35. The molecule has 0 radical (unpaired) electrons. The number of rotatable bonds is 4. The Labute approximate surface area is 150 Å². The first-order valence-corrected chi connectivity index (χ1v) is 9.27. The summed E-state index contributed by atoms with van der Waals surface area (Å²) in [7, 11) is 1.84. The zero-order valence-electron chi connectivity index (χ0n) is 14.4. The summed E-state index contributed by atoms with van der Waals surface area (Å²) in [5.74, 6) is -0.173. The lowest BCUT2D eigenvalue weighted by Gasteiger charge is -2.31. The number of hydrogen-bond donors (Lipinski definition) is 1. The van der Waals surface area contributed by atoms with Crippen molar-refractivity contribution in [3.63, 3.8) is 0 Å². The molecule has 8 heteroatoms. The largest absolute Gasteiger partial charge is 0.450 e. The van der Waals surface area contributed by atoms with Crippen molar-refractivity contribution >= 4 is 23.3 Å². The summed E-state index contributed by atoms with van der Waals surface area (Å²) in [6, 6.07) is 5.85. The number of ether oxygens (including phenoxy) is 1. The molecule has 3 heterocycles. The smallest absolute Gasteiger partial charge is 0.409 e. The van der Waals surface area contributed by atoms with Gasteiger partial charge in [0.05, 0.1) is 17.2 Å². The van der Waals surface area contributed by atoms with Crippen molar-refractivity contribution in [2.75, 3.05) is 19.7 Å². The number of likely N-dealkylation sites (tertiary alicyclic amines) is 1. The van der Waals surface area contributed by atoms with E-state index in [0.29, 0.717) is 25.4 Å². The van der Waals surface area contributed by atoms with Gasteiger partial charge in [0.1, 0.15) is 0 Å². The highest BCUT2D eigenvalue weighted by atomic mass is 32.1. The first-order chi connectivity index (χ1) is 12.1. The topological polar surface area (TPSA) is 76.5 Å². The van der Waals surface area contributed by atoms with Gasteiger partial charge in [0.25, 0.3) is 5.91 Å². The van der Waals surface area contributed by atoms with Gasteiger partial charge in [-0.1, -0.05) is 6.07 Å². The maximum Gasteiger partial charge on any atom is 0.409 e. The van der Waals surface area contributed by atoms with E-state index in [1.807, 2.05) is 30.6 Å². The monoisotopic (exact) mass is 362 g/mol. The second kappa shape index (κ2) is 7.69. The molecule has 1 N–H and O–H groups in total. The Kier molecular flexibility index (Phi) is 5.37. The molecule has 0 unspecified atom stereocenters. The minimum Gasteiger partial charge on any atom is -0.450 e. The van der Waals surface area contributed by atoms with Gasteiger partial charge < -0.3 is 15.0 Å². The third kappa shape index (κ3) is 4.01. The highest BCUT2D eigenvalue weighted by Gasteiger charge is 2.25. The Morgan fingerprint density at radius 1 is 1.40 bits per heavy atom. The lowest BCUT2D eigenvalue weighted by Crippen LogP contribution is -2.46. The number of carbonyl (C=O) groups is 2. The first kappa shape index (κ1) is 17.5. The van der Waals surface area contributed by atoms with E-state index in [9.17, 15) is 9.59 Å². The maximum atomic E-state index is 12.5.